The number of methoxy groups -OCH3 is 6. The zero-order chi connectivity index (χ0) is 29.9. The van der Waals surface area contributed by atoms with Crippen molar-refractivity contribution in [2.75, 3.05) is 42.7 Å². The Morgan fingerprint density at radius 1 is 0.683 bits per heavy atom. The Labute approximate surface area is 265 Å². The third-order valence-electron chi connectivity index (χ3n) is 6.60. The predicted octanol–water partition coefficient (Wildman–Crippen LogP) is 3.49. The second kappa shape index (κ2) is 16.6. The molecule has 1 aliphatic heterocycles. The Kier molecular flexibility index (Phi) is 13.5. The fraction of sp³-hybridized carbons (Fsp3) is 0.481. The van der Waals surface area contributed by atoms with E-state index < -0.39 is 68.1 Å². The molecule has 0 bridgehead atoms. The summed E-state index contributed by atoms with van der Waals surface area (Å²) in [7, 11) is 8.90. The van der Waals surface area contributed by atoms with Gasteiger partial charge in [-0.25, -0.2) is 0 Å². The van der Waals surface area contributed by atoms with Gasteiger partial charge in [0.2, 0.25) is 0 Å². The van der Waals surface area contributed by atoms with Crippen LogP contribution in [0.15, 0.2) is 24.3 Å². The first-order valence-corrected chi connectivity index (χ1v) is 25.3. The molecule has 0 radical (unpaired) electrons. The van der Waals surface area contributed by atoms with Crippen LogP contribution >= 0.6 is 0 Å². The van der Waals surface area contributed by atoms with E-state index in [-0.39, 0.29) is 12.2 Å². The Hall–Kier alpha value is -2.03. The van der Waals surface area contributed by atoms with Gasteiger partial charge in [-0.2, -0.15) is 0 Å². The van der Waals surface area contributed by atoms with Crippen molar-refractivity contribution in [3.05, 3.63) is 35.4 Å². The van der Waals surface area contributed by atoms with E-state index in [1.807, 2.05) is 0 Å². The van der Waals surface area contributed by atoms with Gasteiger partial charge in [-0.05, 0) is 0 Å². The molecule has 0 saturated carbocycles. The summed E-state index contributed by atoms with van der Waals surface area (Å²) in [6, 6.07) is 6.23. The van der Waals surface area contributed by atoms with Crippen LogP contribution in [0, 0.1) is 0 Å². The van der Waals surface area contributed by atoms with Gasteiger partial charge in [0, 0.05) is 0 Å². The molecule has 2 atom stereocenters. The minimum absolute atomic E-state index is 0.197. The van der Waals surface area contributed by atoms with E-state index in [1.165, 1.54) is 42.7 Å². The first kappa shape index (κ1) is 33.5. The molecule has 1 N–H and O–H groups in total. The second-order valence-corrected chi connectivity index (χ2v) is 19.1. The van der Waals surface area contributed by atoms with Gasteiger partial charge in [-0.3, -0.25) is 0 Å². The number of aliphatic hydroxyl groups is 1. The number of hydrogen-bond donors (Lipinski definition) is 1. The Bertz CT molecular complexity index is 1050. The normalized spacial score (nSPS) is 17.8. The van der Waals surface area contributed by atoms with Gasteiger partial charge < -0.3 is 0 Å². The molecule has 218 valence electrons. The maximum atomic E-state index is 12.7. The SMILES string of the molecule is COc1cc(C(=O)[O][Hg][CH2]C2CC(O)CC([CH2][Hg][O]C(=O)c3cc(OC)c(OC)c(OC)c3)O2)cc(OC)c1OC. The van der Waals surface area contributed by atoms with E-state index >= 15 is 0 Å². The van der Waals surface area contributed by atoms with E-state index in [0.717, 1.165) is 0 Å². The Morgan fingerprint density at radius 3 is 1.32 bits per heavy atom. The Morgan fingerprint density at radius 2 is 1.02 bits per heavy atom. The Balaban J connectivity index is 1.50. The van der Waals surface area contributed by atoms with Crippen LogP contribution in [0.5, 0.6) is 34.5 Å². The van der Waals surface area contributed by atoms with Crippen molar-refractivity contribution in [2.45, 2.75) is 39.0 Å². The molecule has 1 aliphatic rings. The molecule has 0 amide bonds. The average Bonchev–Trinajstić information content (AvgIpc) is 2.98. The van der Waals surface area contributed by atoms with Crippen LogP contribution in [0.4, 0.5) is 0 Å². The molecule has 41 heavy (non-hydrogen) atoms. The fourth-order valence-electron chi connectivity index (χ4n) is 4.59. The van der Waals surface area contributed by atoms with Crippen LogP contribution < -0.4 is 28.4 Å². The zero-order valence-corrected chi connectivity index (χ0v) is 35.2. The first-order valence-electron chi connectivity index (χ1n) is 13.1. The molecule has 3 rings (SSSR count). The predicted molar refractivity (Wildman–Crippen MR) is 137 cm³/mol. The summed E-state index contributed by atoms with van der Waals surface area (Å²) in [5.41, 5.74) is 0.621. The summed E-state index contributed by atoms with van der Waals surface area (Å²) in [6.45, 7) is 0. The number of rotatable bonds is 14. The molecule has 14 heteroatoms. The van der Waals surface area contributed by atoms with Gasteiger partial charge >= 0.3 is 267 Å². The van der Waals surface area contributed by atoms with Crippen LogP contribution in [-0.2, 0) is 60.1 Å². The van der Waals surface area contributed by atoms with Crippen molar-refractivity contribution >= 4 is 11.9 Å². The molecule has 0 aliphatic carbocycles. The van der Waals surface area contributed by atoms with Crippen LogP contribution in [0.1, 0.15) is 33.6 Å². The van der Waals surface area contributed by atoms with Crippen molar-refractivity contribution in [3.8, 4) is 34.5 Å². The van der Waals surface area contributed by atoms with E-state index in [0.29, 0.717) is 66.3 Å². The fourth-order valence-corrected chi connectivity index (χ4v) is 13.2. The minimum atomic E-state index is -2.15. The molecule has 0 aromatic heterocycles. The van der Waals surface area contributed by atoms with Crippen LogP contribution in [0.3, 0.4) is 0 Å². The van der Waals surface area contributed by atoms with E-state index in [1.54, 1.807) is 24.3 Å². The van der Waals surface area contributed by atoms with Crippen LogP contribution in [-0.4, -0.2) is 78.0 Å². The standard InChI is InChI=1S/2C10H12O5.C7H12O2.2Hg/c2*1-13-7-4-6(10(11)12)5-8(14-2)9(7)15-3;1-5-3-7(8)4-6(2)9-5;;/h2*4-5H,1-3H3,(H,11,12);5-8H,1-4H2;;/q;;;2*+1/p-2. The molecule has 2 aromatic carbocycles. The molecular weight excluding hydrogens is 917 g/mol. The summed E-state index contributed by atoms with van der Waals surface area (Å²) in [5.74, 6) is 1.37. The quantitative estimate of drug-likeness (QED) is 0.278. The second-order valence-electron chi connectivity index (χ2n) is 9.18. The van der Waals surface area contributed by atoms with Crippen molar-refractivity contribution in [3.63, 3.8) is 0 Å². The summed E-state index contributed by atoms with van der Waals surface area (Å²) in [5, 5.41) is 10.4. The topological polar surface area (TPSA) is 137 Å². The van der Waals surface area contributed by atoms with Crippen molar-refractivity contribution in [1.82, 2.24) is 0 Å². The van der Waals surface area contributed by atoms with Crippen LogP contribution in [0.25, 0.3) is 0 Å². The molecule has 1 fully saturated rings. The van der Waals surface area contributed by atoms with Gasteiger partial charge in [0.05, 0.1) is 0 Å². The van der Waals surface area contributed by atoms with E-state index in [9.17, 15) is 14.7 Å². The van der Waals surface area contributed by atoms with Gasteiger partial charge in [-0.15, -0.1) is 0 Å². The van der Waals surface area contributed by atoms with Gasteiger partial charge in [0.15, 0.2) is 0 Å². The molecule has 0 spiro atoms. The molecule has 1 saturated heterocycles. The third-order valence-corrected chi connectivity index (χ3v) is 17.1. The van der Waals surface area contributed by atoms with Gasteiger partial charge in [0.25, 0.3) is 0 Å². The maximum absolute atomic E-state index is 12.7. The molecule has 12 nitrogen and oxygen atoms in total. The van der Waals surface area contributed by atoms with Crippen molar-refractivity contribution < 1.29 is 103 Å². The summed E-state index contributed by atoms with van der Waals surface area (Å²) >= 11 is -4.30. The van der Waals surface area contributed by atoms with Crippen molar-refractivity contribution in [2.24, 2.45) is 0 Å². The van der Waals surface area contributed by atoms with Gasteiger partial charge in [-0.1, -0.05) is 0 Å². The van der Waals surface area contributed by atoms with E-state index in [4.69, 9.17) is 38.4 Å². The average molecular weight is 952 g/mol. The van der Waals surface area contributed by atoms with Gasteiger partial charge in [0.1, 0.15) is 0 Å². The molecule has 1 heterocycles. The monoisotopic (exact) mass is 954 g/mol. The number of aliphatic hydroxyl groups excluding tert-OH is 1. The summed E-state index contributed by atoms with van der Waals surface area (Å²) in [4.78, 5) is 25.4. The number of carbonyl (C=O) groups is 2. The van der Waals surface area contributed by atoms with E-state index in [2.05, 4.69) is 0 Å². The molecule has 2 aromatic rings. The first-order chi connectivity index (χ1) is 19.8. The summed E-state index contributed by atoms with van der Waals surface area (Å²) < 4.78 is 50.6. The number of ether oxygens (including phenoxy) is 7. The van der Waals surface area contributed by atoms with Crippen molar-refractivity contribution in [1.29, 1.82) is 0 Å². The number of hydrogen-bond acceptors (Lipinski definition) is 12. The van der Waals surface area contributed by atoms with Crippen LogP contribution in [0.2, 0.25) is 7.86 Å². The zero-order valence-electron chi connectivity index (χ0n) is 24.2. The number of benzene rings is 2. The molecule has 2 unspecified atom stereocenters. The number of carbonyl (C=O) groups excluding carboxylic acids is 2. The summed E-state index contributed by atoms with van der Waals surface area (Å²) in [6.07, 6.45) is 0.0626. The molecular formula is C27H34Hg2O12. The third kappa shape index (κ3) is 8.98.